The summed E-state index contributed by atoms with van der Waals surface area (Å²) in [5.41, 5.74) is 3.82. The lowest BCUT2D eigenvalue weighted by Crippen LogP contribution is -2.49. The molecule has 1 aliphatic heterocycles. The number of nitrogens with one attached hydrogen (secondary N) is 2. The highest BCUT2D eigenvalue weighted by molar-refractivity contribution is 7.80. The first-order valence-corrected chi connectivity index (χ1v) is 12.5. The molecule has 3 amide bonds. The number of hydrogen-bond donors (Lipinski definition) is 2. The Balaban J connectivity index is 1.54. The van der Waals surface area contributed by atoms with Gasteiger partial charge >= 0.3 is 5.97 Å². The van der Waals surface area contributed by atoms with Crippen LogP contribution in [0.4, 0.5) is 15.8 Å². The number of carbonyl (C=O) groups excluding carboxylic acids is 4. The molecular formula is C27H22ClFN4O5S. The molecule has 9 nitrogen and oxygen atoms in total. The molecule has 1 heterocycles. The Morgan fingerprint density at radius 1 is 0.974 bits per heavy atom. The lowest BCUT2D eigenvalue weighted by molar-refractivity contribution is -0.124. The molecule has 0 aromatic heterocycles. The van der Waals surface area contributed by atoms with Crippen LogP contribution in [-0.2, 0) is 14.3 Å². The molecule has 1 unspecified atom stereocenters. The monoisotopic (exact) mass is 568 g/mol. The lowest BCUT2D eigenvalue weighted by Gasteiger charge is -2.24. The van der Waals surface area contributed by atoms with Crippen molar-refractivity contribution in [1.82, 2.24) is 10.4 Å². The number of hydrazine groups is 1. The Bertz CT molecular complexity index is 1420. The first-order chi connectivity index (χ1) is 18.7. The molecule has 1 saturated heterocycles. The fourth-order valence-electron chi connectivity index (χ4n) is 3.79. The van der Waals surface area contributed by atoms with E-state index in [-0.39, 0.29) is 29.4 Å². The van der Waals surface area contributed by atoms with Crippen LogP contribution in [0.25, 0.3) is 0 Å². The minimum atomic E-state index is -1.20. The van der Waals surface area contributed by atoms with E-state index in [0.29, 0.717) is 16.3 Å². The Morgan fingerprint density at radius 2 is 1.59 bits per heavy atom. The number of thiocarbonyl (C=S) groups is 1. The highest BCUT2D eigenvalue weighted by atomic mass is 35.5. The number of anilines is 2. The fraction of sp³-hybridized carbons (Fsp3) is 0.148. The number of esters is 1. The molecule has 3 aromatic carbocycles. The molecular weight excluding hydrogens is 547 g/mol. The van der Waals surface area contributed by atoms with Crippen LogP contribution in [-0.4, -0.2) is 46.5 Å². The van der Waals surface area contributed by atoms with Crippen LogP contribution in [0.15, 0.2) is 72.8 Å². The third-order valence-corrected chi connectivity index (χ3v) is 6.32. The average molecular weight is 569 g/mol. The zero-order valence-corrected chi connectivity index (χ0v) is 22.1. The van der Waals surface area contributed by atoms with Gasteiger partial charge in [0.05, 0.1) is 24.3 Å². The van der Waals surface area contributed by atoms with E-state index in [1.54, 1.807) is 6.92 Å². The molecule has 0 radical (unpaired) electrons. The molecule has 0 aliphatic carbocycles. The maximum absolute atomic E-state index is 13.5. The molecule has 12 heteroatoms. The van der Waals surface area contributed by atoms with E-state index >= 15 is 0 Å². The van der Waals surface area contributed by atoms with Gasteiger partial charge in [-0.2, -0.15) is 0 Å². The first kappa shape index (κ1) is 27.7. The van der Waals surface area contributed by atoms with Crippen molar-refractivity contribution in [3.8, 4) is 0 Å². The second kappa shape index (κ2) is 12.0. The van der Waals surface area contributed by atoms with E-state index < -0.39 is 35.5 Å². The first-order valence-electron chi connectivity index (χ1n) is 11.7. The summed E-state index contributed by atoms with van der Waals surface area (Å²) in [6, 6.07) is 16.0. The van der Waals surface area contributed by atoms with E-state index in [4.69, 9.17) is 28.6 Å². The van der Waals surface area contributed by atoms with Crippen LogP contribution < -0.4 is 15.6 Å². The molecule has 4 rings (SSSR count). The van der Waals surface area contributed by atoms with Gasteiger partial charge in [-0.3, -0.25) is 24.7 Å². The van der Waals surface area contributed by atoms with Crippen LogP contribution in [0.3, 0.4) is 0 Å². The maximum atomic E-state index is 13.5. The van der Waals surface area contributed by atoms with Gasteiger partial charge in [0, 0.05) is 16.3 Å². The number of halogens is 2. The molecule has 0 spiro atoms. The normalized spacial score (nSPS) is 14.8. The Labute approximate surface area is 233 Å². The van der Waals surface area contributed by atoms with Crippen molar-refractivity contribution in [2.75, 3.05) is 16.8 Å². The Morgan fingerprint density at radius 3 is 2.21 bits per heavy atom. The summed E-state index contributed by atoms with van der Waals surface area (Å²) >= 11 is 11.4. The van der Waals surface area contributed by atoms with Gasteiger partial charge in [0.1, 0.15) is 11.9 Å². The summed E-state index contributed by atoms with van der Waals surface area (Å²) in [7, 11) is 0. The van der Waals surface area contributed by atoms with Gasteiger partial charge in [-0.15, -0.1) is 0 Å². The molecule has 2 N–H and O–H groups in total. The smallest absolute Gasteiger partial charge is 0.338 e. The van der Waals surface area contributed by atoms with Gasteiger partial charge in [0.15, 0.2) is 0 Å². The largest absolute Gasteiger partial charge is 0.462 e. The molecule has 39 heavy (non-hydrogen) atoms. The van der Waals surface area contributed by atoms with Crippen molar-refractivity contribution in [1.29, 1.82) is 0 Å². The number of ether oxygens (including phenoxy) is 1. The molecule has 1 aliphatic rings. The van der Waals surface area contributed by atoms with E-state index in [1.165, 1.54) is 72.8 Å². The molecule has 1 fully saturated rings. The zero-order valence-electron chi connectivity index (χ0n) is 20.5. The van der Waals surface area contributed by atoms with Crippen molar-refractivity contribution >= 4 is 64.0 Å². The highest BCUT2D eigenvalue weighted by Gasteiger charge is 2.45. The van der Waals surface area contributed by atoms with Crippen LogP contribution in [0.1, 0.15) is 34.1 Å². The Kier molecular flexibility index (Phi) is 8.52. The second-order valence-electron chi connectivity index (χ2n) is 8.32. The predicted molar refractivity (Wildman–Crippen MR) is 147 cm³/mol. The van der Waals surface area contributed by atoms with Crippen molar-refractivity contribution < 1.29 is 28.3 Å². The van der Waals surface area contributed by atoms with Gasteiger partial charge in [-0.1, -0.05) is 11.6 Å². The molecule has 3 aromatic rings. The number of nitrogens with zero attached hydrogens (tertiary/aromatic N) is 2. The summed E-state index contributed by atoms with van der Waals surface area (Å²) in [5.74, 6) is -2.71. The van der Waals surface area contributed by atoms with Crippen LogP contribution in [0.5, 0.6) is 0 Å². The van der Waals surface area contributed by atoms with Gasteiger partial charge in [-0.25, -0.2) is 14.2 Å². The second-order valence-corrected chi connectivity index (χ2v) is 9.12. The van der Waals surface area contributed by atoms with Gasteiger partial charge in [0.25, 0.3) is 11.8 Å². The average Bonchev–Trinajstić information content (AvgIpc) is 3.14. The zero-order chi connectivity index (χ0) is 28.1. The molecule has 0 saturated carbocycles. The van der Waals surface area contributed by atoms with Gasteiger partial charge in [-0.05, 0) is 91.9 Å². The third-order valence-electron chi connectivity index (χ3n) is 5.69. The topological polar surface area (TPSA) is 108 Å². The van der Waals surface area contributed by atoms with E-state index in [0.717, 1.165) is 9.91 Å². The van der Waals surface area contributed by atoms with Crippen LogP contribution >= 0.6 is 23.8 Å². The van der Waals surface area contributed by atoms with Crippen molar-refractivity contribution in [3.05, 3.63) is 94.8 Å². The summed E-state index contributed by atoms with van der Waals surface area (Å²) in [4.78, 5) is 52.3. The van der Waals surface area contributed by atoms with E-state index in [9.17, 15) is 23.6 Å². The lowest BCUT2D eigenvalue weighted by atomic mass is 10.1. The quantitative estimate of drug-likeness (QED) is 0.307. The van der Waals surface area contributed by atoms with Crippen molar-refractivity contribution in [2.24, 2.45) is 0 Å². The number of carbonyl (C=O) groups is 4. The summed E-state index contributed by atoms with van der Waals surface area (Å²) < 4.78 is 18.5. The van der Waals surface area contributed by atoms with Crippen molar-refractivity contribution in [2.45, 2.75) is 19.4 Å². The van der Waals surface area contributed by atoms with Crippen molar-refractivity contribution in [3.63, 3.8) is 0 Å². The SMILES string of the molecule is CCOC(=O)c1ccc(NC(=O)CC2C(=O)N(c3ccc(F)cc3)C(=S)N2NC(=O)c2ccc(Cl)cc2)cc1. The minimum absolute atomic E-state index is 0.0921. The molecule has 1 atom stereocenters. The summed E-state index contributed by atoms with van der Waals surface area (Å²) in [5, 5.41) is 4.15. The van der Waals surface area contributed by atoms with Crippen LogP contribution in [0.2, 0.25) is 5.02 Å². The standard InChI is InChI=1S/C27H22ClFN4O5S/c1-2-38-26(37)17-5-11-20(12-6-17)30-23(34)15-22-25(36)32(21-13-9-19(29)10-14-21)27(39)33(22)31-24(35)16-3-7-18(28)8-4-16/h3-14,22H,2,15H2,1H3,(H,30,34)(H,31,35). The number of benzene rings is 3. The maximum Gasteiger partial charge on any atom is 0.338 e. The van der Waals surface area contributed by atoms with E-state index in [1.807, 2.05) is 0 Å². The molecule has 0 bridgehead atoms. The summed E-state index contributed by atoms with van der Waals surface area (Å²) in [6.07, 6.45) is -0.378. The third kappa shape index (κ3) is 6.39. The van der Waals surface area contributed by atoms with Crippen LogP contribution in [0, 0.1) is 5.82 Å². The molecule has 200 valence electrons. The fourth-order valence-corrected chi connectivity index (χ4v) is 4.29. The number of rotatable bonds is 8. The summed E-state index contributed by atoms with van der Waals surface area (Å²) in [6.45, 7) is 1.93. The minimum Gasteiger partial charge on any atom is -0.462 e. The Hall–Kier alpha value is -4.35. The van der Waals surface area contributed by atoms with Gasteiger partial charge in [0.2, 0.25) is 11.0 Å². The number of amides is 3. The van der Waals surface area contributed by atoms with E-state index in [2.05, 4.69) is 10.7 Å². The highest BCUT2D eigenvalue weighted by Crippen LogP contribution is 2.27. The number of hydrogen-bond acceptors (Lipinski definition) is 6. The van der Waals surface area contributed by atoms with Gasteiger partial charge < -0.3 is 10.1 Å². The predicted octanol–water partition coefficient (Wildman–Crippen LogP) is 4.33.